The molecule has 0 radical (unpaired) electrons. The van der Waals surface area contributed by atoms with Crippen molar-refractivity contribution in [1.29, 1.82) is 0 Å². The molecule has 3 rings (SSSR count). The summed E-state index contributed by atoms with van der Waals surface area (Å²) >= 11 is 12.8. The molecule has 0 unspecified atom stereocenters. The molecule has 0 aliphatic carbocycles. The lowest BCUT2D eigenvalue weighted by Gasteiger charge is -2.12. The Kier molecular flexibility index (Phi) is 4.14. The molecule has 2 aromatic heterocycles. The number of hydrogen-bond acceptors (Lipinski definition) is 4. The van der Waals surface area contributed by atoms with Crippen molar-refractivity contribution in [2.24, 2.45) is 0 Å². The van der Waals surface area contributed by atoms with Crippen molar-refractivity contribution in [3.05, 3.63) is 57.5 Å². The molecule has 3 aromatic rings. The second-order valence-electron chi connectivity index (χ2n) is 4.26. The quantitative estimate of drug-likeness (QED) is 0.750. The predicted octanol–water partition coefficient (Wildman–Crippen LogP) is 4.04. The summed E-state index contributed by atoms with van der Waals surface area (Å²) in [4.78, 5) is -0.0422. The minimum Gasteiger partial charge on any atom is -0.277 e. The zero-order chi connectivity index (χ0) is 15.7. The monoisotopic (exact) mass is 373 g/mol. The number of nitrogens with one attached hydrogen (secondary N) is 1. The summed E-state index contributed by atoms with van der Waals surface area (Å²) in [6.07, 6.45) is 3.34. The van der Waals surface area contributed by atoms with Gasteiger partial charge in [0.2, 0.25) is 0 Å². The number of benzene rings is 1. The maximum atomic E-state index is 12.5. The van der Waals surface area contributed by atoms with Crippen LogP contribution in [0, 0.1) is 0 Å². The van der Waals surface area contributed by atoms with Crippen LogP contribution in [0.3, 0.4) is 0 Å². The van der Waals surface area contributed by atoms with Crippen molar-refractivity contribution in [3.8, 4) is 5.69 Å². The zero-order valence-corrected chi connectivity index (χ0v) is 14.0. The van der Waals surface area contributed by atoms with Crippen molar-refractivity contribution in [2.75, 3.05) is 4.72 Å². The first-order valence-electron chi connectivity index (χ1n) is 6.04. The summed E-state index contributed by atoms with van der Waals surface area (Å²) in [6.45, 7) is 0. The average Bonchev–Trinajstić information content (AvgIpc) is 3.09. The van der Waals surface area contributed by atoms with Crippen LogP contribution in [0.4, 0.5) is 5.69 Å². The third-order valence-electron chi connectivity index (χ3n) is 2.81. The van der Waals surface area contributed by atoms with Crippen molar-refractivity contribution in [3.63, 3.8) is 0 Å². The highest BCUT2D eigenvalue weighted by molar-refractivity contribution is 7.93. The molecule has 0 saturated heterocycles. The summed E-state index contributed by atoms with van der Waals surface area (Å²) < 4.78 is 29.5. The van der Waals surface area contributed by atoms with Crippen molar-refractivity contribution in [1.82, 2.24) is 9.78 Å². The summed E-state index contributed by atoms with van der Waals surface area (Å²) in [6, 6.07) is 10.0. The average molecular weight is 374 g/mol. The second kappa shape index (κ2) is 5.92. The standard InChI is InChI=1S/C13H9Cl2N3O2S2/c14-12-8-11(13(15)21-12)22(19,20)17-9-4-1-2-5-10(9)18-7-3-6-16-18/h1-8,17H. The molecule has 1 aromatic carbocycles. The SMILES string of the molecule is O=S(=O)(Nc1ccccc1-n1cccn1)c1cc(Cl)sc1Cl. The first-order chi connectivity index (χ1) is 10.5. The van der Waals surface area contributed by atoms with Crippen LogP contribution < -0.4 is 4.72 Å². The topological polar surface area (TPSA) is 64.0 Å². The van der Waals surface area contributed by atoms with Gasteiger partial charge < -0.3 is 0 Å². The minimum atomic E-state index is -3.83. The van der Waals surface area contributed by atoms with Gasteiger partial charge in [-0.3, -0.25) is 4.72 Å². The van der Waals surface area contributed by atoms with E-state index in [1.807, 2.05) is 0 Å². The third-order valence-corrected chi connectivity index (χ3v) is 5.93. The van der Waals surface area contributed by atoms with Crippen LogP contribution in [0.5, 0.6) is 0 Å². The lowest BCUT2D eigenvalue weighted by atomic mass is 10.3. The van der Waals surface area contributed by atoms with E-state index in [9.17, 15) is 8.42 Å². The lowest BCUT2D eigenvalue weighted by Crippen LogP contribution is -2.14. The molecular weight excluding hydrogens is 365 g/mol. The molecule has 0 amide bonds. The molecule has 0 saturated carbocycles. The van der Waals surface area contributed by atoms with Gasteiger partial charge in [0.1, 0.15) is 9.23 Å². The van der Waals surface area contributed by atoms with Gasteiger partial charge in [0.15, 0.2) is 0 Å². The van der Waals surface area contributed by atoms with E-state index in [2.05, 4.69) is 9.82 Å². The van der Waals surface area contributed by atoms with E-state index in [4.69, 9.17) is 23.2 Å². The Morgan fingerprint density at radius 2 is 1.95 bits per heavy atom. The number of sulfonamides is 1. The van der Waals surface area contributed by atoms with E-state index < -0.39 is 10.0 Å². The van der Waals surface area contributed by atoms with Crippen molar-refractivity contribution < 1.29 is 8.42 Å². The van der Waals surface area contributed by atoms with Crippen LogP contribution in [-0.4, -0.2) is 18.2 Å². The van der Waals surface area contributed by atoms with Crippen LogP contribution in [0.25, 0.3) is 5.69 Å². The molecule has 0 aliphatic rings. The maximum Gasteiger partial charge on any atom is 0.264 e. The Morgan fingerprint density at radius 3 is 2.59 bits per heavy atom. The zero-order valence-electron chi connectivity index (χ0n) is 10.9. The molecular formula is C13H9Cl2N3O2S2. The Labute approximate surface area is 141 Å². The number of thiophene rings is 1. The summed E-state index contributed by atoms with van der Waals surface area (Å²) in [5.74, 6) is 0. The number of aromatic nitrogens is 2. The molecule has 1 N–H and O–H groups in total. The molecule has 0 fully saturated rings. The molecule has 0 aliphatic heterocycles. The van der Waals surface area contributed by atoms with Gasteiger partial charge in [-0.15, -0.1) is 11.3 Å². The van der Waals surface area contributed by atoms with E-state index >= 15 is 0 Å². The van der Waals surface area contributed by atoms with Gasteiger partial charge in [-0.1, -0.05) is 35.3 Å². The van der Waals surface area contributed by atoms with E-state index in [1.54, 1.807) is 47.4 Å². The van der Waals surface area contributed by atoms with Crippen molar-refractivity contribution >= 4 is 50.2 Å². The fourth-order valence-corrected chi connectivity index (χ4v) is 5.10. The van der Waals surface area contributed by atoms with Gasteiger partial charge in [0.05, 0.1) is 15.7 Å². The summed E-state index contributed by atoms with van der Waals surface area (Å²) in [5, 5.41) is 4.11. The van der Waals surface area contributed by atoms with Crippen LogP contribution in [-0.2, 0) is 10.0 Å². The third kappa shape index (κ3) is 2.98. The molecule has 2 heterocycles. The predicted molar refractivity (Wildman–Crippen MR) is 88.7 cm³/mol. The highest BCUT2D eigenvalue weighted by atomic mass is 35.5. The van der Waals surface area contributed by atoms with E-state index in [-0.39, 0.29) is 9.23 Å². The lowest BCUT2D eigenvalue weighted by molar-refractivity contribution is 0.601. The van der Waals surface area contributed by atoms with Gasteiger partial charge in [-0.05, 0) is 24.3 Å². The van der Waals surface area contributed by atoms with Crippen LogP contribution in [0.15, 0.2) is 53.7 Å². The van der Waals surface area contributed by atoms with E-state index in [1.165, 1.54) is 6.07 Å². The van der Waals surface area contributed by atoms with Crippen LogP contribution in [0.2, 0.25) is 8.67 Å². The first-order valence-corrected chi connectivity index (χ1v) is 9.09. The summed E-state index contributed by atoms with van der Waals surface area (Å²) in [7, 11) is -3.83. The van der Waals surface area contributed by atoms with Crippen LogP contribution >= 0.6 is 34.5 Å². The largest absolute Gasteiger partial charge is 0.277 e. The van der Waals surface area contributed by atoms with Gasteiger partial charge >= 0.3 is 0 Å². The molecule has 5 nitrogen and oxygen atoms in total. The normalized spacial score (nSPS) is 11.5. The number of hydrogen-bond donors (Lipinski definition) is 1. The van der Waals surface area contributed by atoms with Gasteiger partial charge in [0, 0.05) is 12.4 Å². The number of rotatable bonds is 4. The highest BCUT2D eigenvalue weighted by Crippen LogP contribution is 2.35. The van der Waals surface area contributed by atoms with Gasteiger partial charge in [-0.2, -0.15) is 5.10 Å². The number of nitrogens with zero attached hydrogens (tertiary/aromatic N) is 2. The fourth-order valence-electron chi connectivity index (χ4n) is 1.88. The molecule has 0 atom stereocenters. The Hall–Kier alpha value is -1.54. The van der Waals surface area contributed by atoms with Crippen molar-refractivity contribution in [2.45, 2.75) is 4.90 Å². The Bertz CT molecular complexity index is 905. The first kappa shape index (κ1) is 15.4. The Morgan fingerprint density at radius 1 is 1.18 bits per heavy atom. The molecule has 9 heteroatoms. The fraction of sp³-hybridized carbons (Fsp3) is 0. The molecule has 0 bridgehead atoms. The maximum absolute atomic E-state index is 12.5. The number of para-hydroxylation sites is 2. The summed E-state index contributed by atoms with van der Waals surface area (Å²) in [5.41, 5.74) is 0.998. The van der Waals surface area contributed by atoms with E-state index in [0.717, 1.165) is 11.3 Å². The number of anilines is 1. The molecule has 0 spiro atoms. The van der Waals surface area contributed by atoms with E-state index in [0.29, 0.717) is 15.7 Å². The highest BCUT2D eigenvalue weighted by Gasteiger charge is 2.22. The van der Waals surface area contributed by atoms with Gasteiger partial charge in [-0.25, -0.2) is 13.1 Å². The van der Waals surface area contributed by atoms with Crippen LogP contribution in [0.1, 0.15) is 0 Å². The molecule has 22 heavy (non-hydrogen) atoms. The second-order valence-corrected chi connectivity index (χ2v) is 8.20. The molecule has 114 valence electrons. The van der Waals surface area contributed by atoms with Gasteiger partial charge in [0.25, 0.3) is 10.0 Å². The Balaban J connectivity index is 2.02. The smallest absolute Gasteiger partial charge is 0.264 e. The number of halogens is 2. The minimum absolute atomic E-state index is 0.0422.